The number of rotatable bonds is 9. The predicted molar refractivity (Wildman–Crippen MR) is 90.7 cm³/mol. The van der Waals surface area contributed by atoms with Crippen molar-refractivity contribution in [1.82, 2.24) is 10.6 Å². The largest absolute Gasteiger partial charge is 0.497 e. The van der Waals surface area contributed by atoms with Gasteiger partial charge >= 0.3 is 5.97 Å². The highest BCUT2D eigenvalue weighted by Gasteiger charge is 2.17. The van der Waals surface area contributed by atoms with Crippen LogP contribution in [0.4, 0.5) is 0 Å². The van der Waals surface area contributed by atoms with Gasteiger partial charge in [0.1, 0.15) is 17.5 Å². The second-order valence-corrected chi connectivity index (χ2v) is 5.26. The lowest BCUT2D eigenvalue weighted by molar-refractivity contribution is -0.130. The number of benzene rings is 1. The number of ether oxygens (including phenoxy) is 3. The first-order valence-corrected chi connectivity index (χ1v) is 7.88. The fourth-order valence-electron chi connectivity index (χ4n) is 1.89. The molecule has 1 atom stereocenters. The Labute approximate surface area is 146 Å². The zero-order valence-electron chi connectivity index (χ0n) is 14.9. The van der Waals surface area contributed by atoms with Crippen molar-refractivity contribution in [3.05, 3.63) is 23.8 Å². The van der Waals surface area contributed by atoms with Gasteiger partial charge in [-0.3, -0.25) is 9.59 Å². The fraction of sp³-hybridized carbons (Fsp3) is 0.471. The van der Waals surface area contributed by atoms with E-state index in [2.05, 4.69) is 10.6 Å². The van der Waals surface area contributed by atoms with Crippen LogP contribution in [0.2, 0.25) is 0 Å². The summed E-state index contributed by atoms with van der Waals surface area (Å²) in [5, 5.41) is 5.13. The van der Waals surface area contributed by atoms with Gasteiger partial charge in [0.15, 0.2) is 6.61 Å². The standard InChI is InChI=1S/C17H24N2O6/c1-5-6-18-16(21)11(2)19-15(20)10-25-17(22)12-7-13(23-3)9-14(8-12)24-4/h7-9,11H,5-6,10H2,1-4H3,(H,18,21)(H,19,20)/t11-/m0/s1. The van der Waals surface area contributed by atoms with Crippen LogP contribution >= 0.6 is 0 Å². The summed E-state index contributed by atoms with van der Waals surface area (Å²) in [5.74, 6) is -0.703. The SMILES string of the molecule is CCCNC(=O)[C@H](C)NC(=O)COC(=O)c1cc(OC)cc(OC)c1. The fourth-order valence-corrected chi connectivity index (χ4v) is 1.89. The molecule has 1 aromatic carbocycles. The summed E-state index contributed by atoms with van der Waals surface area (Å²) in [6.45, 7) is 3.52. The molecule has 0 aliphatic rings. The minimum atomic E-state index is -0.713. The minimum Gasteiger partial charge on any atom is -0.497 e. The van der Waals surface area contributed by atoms with Crippen molar-refractivity contribution in [3.8, 4) is 11.5 Å². The summed E-state index contributed by atoms with van der Waals surface area (Å²) < 4.78 is 15.1. The van der Waals surface area contributed by atoms with Gasteiger partial charge in [-0.15, -0.1) is 0 Å². The zero-order valence-corrected chi connectivity index (χ0v) is 14.9. The first kappa shape index (κ1) is 20.3. The minimum absolute atomic E-state index is 0.192. The van der Waals surface area contributed by atoms with Crippen LogP contribution in [0.5, 0.6) is 11.5 Å². The molecule has 0 aliphatic heterocycles. The molecule has 138 valence electrons. The van der Waals surface area contributed by atoms with Gasteiger partial charge < -0.3 is 24.8 Å². The van der Waals surface area contributed by atoms with Crippen molar-refractivity contribution in [2.45, 2.75) is 26.3 Å². The number of esters is 1. The van der Waals surface area contributed by atoms with E-state index in [-0.39, 0.29) is 11.5 Å². The first-order chi connectivity index (χ1) is 11.9. The van der Waals surface area contributed by atoms with Crippen molar-refractivity contribution in [2.24, 2.45) is 0 Å². The molecular weight excluding hydrogens is 328 g/mol. The van der Waals surface area contributed by atoms with Gasteiger partial charge in [-0.2, -0.15) is 0 Å². The van der Waals surface area contributed by atoms with E-state index in [9.17, 15) is 14.4 Å². The van der Waals surface area contributed by atoms with Crippen LogP contribution in [0.15, 0.2) is 18.2 Å². The van der Waals surface area contributed by atoms with Crippen molar-refractivity contribution in [2.75, 3.05) is 27.4 Å². The third kappa shape index (κ3) is 6.70. The van der Waals surface area contributed by atoms with Gasteiger partial charge in [-0.05, 0) is 25.5 Å². The smallest absolute Gasteiger partial charge is 0.338 e. The summed E-state index contributed by atoms with van der Waals surface area (Å²) in [7, 11) is 2.92. The molecule has 0 heterocycles. The van der Waals surface area contributed by atoms with Crippen molar-refractivity contribution in [1.29, 1.82) is 0 Å². The van der Waals surface area contributed by atoms with Gasteiger partial charge in [0, 0.05) is 12.6 Å². The number of carbonyl (C=O) groups excluding carboxylic acids is 3. The van der Waals surface area contributed by atoms with Crippen LogP contribution in [0.1, 0.15) is 30.6 Å². The number of amides is 2. The molecule has 8 heteroatoms. The van der Waals surface area contributed by atoms with E-state index in [4.69, 9.17) is 14.2 Å². The molecule has 0 saturated heterocycles. The van der Waals surface area contributed by atoms with E-state index in [1.165, 1.54) is 26.4 Å². The van der Waals surface area contributed by atoms with Gasteiger partial charge in [0.25, 0.3) is 5.91 Å². The quantitative estimate of drug-likeness (QED) is 0.640. The molecule has 0 aliphatic carbocycles. The Balaban J connectivity index is 2.55. The molecule has 0 unspecified atom stereocenters. The van der Waals surface area contributed by atoms with Crippen LogP contribution in [-0.4, -0.2) is 51.2 Å². The van der Waals surface area contributed by atoms with Crippen LogP contribution in [0, 0.1) is 0 Å². The molecule has 0 aromatic heterocycles. The van der Waals surface area contributed by atoms with Gasteiger partial charge in [0.05, 0.1) is 19.8 Å². The van der Waals surface area contributed by atoms with E-state index in [0.717, 1.165) is 6.42 Å². The maximum Gasteiger partial charge on any atom is 0.338 e. The molecular formula is C17H24N2O6. The summed E-state index contributed by atoms with van der Waals surface area (Å²) in [4.78, 5) is 35.5. The van der Waals surface area contributed by atoms with Crippen molar-refractivity contribution < 1.29 is 28.6 Å². The highest BCUT2D eigenvalue weighted by Crippen LogP contribution is 2.22. The van der Waals surface area contributed by atoms with Crippen LogP contribution in [0.3, 0.4) is 0 Å². The molecule has 0 fully saturated rings. The average molecular weight is 352 g/mol. The van der Waals surface area contributed by atoms with Crippen molar-refractivity contribution in [3.63, 3.8) is 0 Å². The Morgan fingerprint density at radius 3 is 2.20 bits per heavy atom. The predicted octanol–water partition coefficient (Wildman–Crippen LogP) is 0.892. The molecule has 0 spiro atoms. The molecule has 1 rings (SSSR count). The number of hydrogen-bond acceptors (Lipinski definition) is 6. The second kappa shape index (κ2) is 10.2. The molecule has 2 amide bonds. The molecule has 0 radical (unpaired) electrons. The van der Waals surface area contributed by atoms with E-state index in [1.54, 1.807) is 13.0 Å². The van der Waals surface area contributed by atoms with Gasteiger partial charge in [-0.1, -0.05) is 6.92 Å². The second-order valence-electron chi connectivity index (χ2n) is 5.26. The van der Waals surface area contributed by atoms with Gasteiger partial charge in [0.2, 0.25) is 5.91 Å². The van der Waals surface area contributed by atoms with E-state index >= 15 is 0 Å². The van der Waals surface area contributed by atoms with Gasteiger partial charge in [-0.25, -0.2) is 4.79 Å². The Hall–Kier alpha value is -2.77. The van der Waals surface area contributed by atoms with E-state index in [1.807, 2.05) is 6.92 Å². The monoisotopic (exact) mass is 352 g/mol. The topological polar surface area (TPSA) is 103 Å². The third-order valence-corrected chi connectivity index (χ3v) is 3.24. The van der Waals surface area contributed by atoms with Crippen LogP contribution in [-0.2, 0) is 14.3 Å². The summed E-state index contributed by atoms with van der Waals surface area (Å²) in [6.07, 6.45) is 0.800. The maximum absolute atomic E-state index is 12.1. The van der Waals surface area contributed by atoms with Crippen LogP contribution in [0.25, 0.3) is 0 Å². The molecule has 8 nitrogen and oxygen atoms in total. The van der Waals surface area contributed by atoms with E-state index < -0.39 is 24.5 Å². The van der Waals surface area contributed by atoms with Crippen LogP contribution < -0.4 is 20.1 Å². The normalized spacial score (nSPS) is 11.2. The zero-order chi connectivity index (χ0) is 18.8. The lowest BCUT2D eigenvalue weighted by atomic mass is 10.2. The Bertz CT molecular complexity index is 595. The lowest BCUT2D eigenvalue weighted by Crippen LogP contribution is -2.46. The number of nitrogens with one attached hydrogen (secondary N) is 2. The Morgan fingerprint density at radius 2 is 1.68 bits per heavy atom. The molecule has 0 bridgehead atoms. The highest BCUT2D eigenvalue weighted by molar-refractivity contribution is 5.93. The first-order valence-electron chi connectivity index (χ1n) is 7.88. The average Bonchev–Trinajstić information content (AvgIpc) is 2.63. The molecule has 25 heavy (non-hydrogen) atoms. The number of methoxy groups -OCH3 is 2. The maximum atomic E-state index is 12.1. The number of hydrogen-bond donors (Lipinski definition) is 2. The third-order valence-electron chi connectivity index (χ3n) is 3.24. The molecule has 1 aromatic rings. The summed E-state index contributed by atoms with van der Waals surface area (Å²) in [5.41, 5.74) is 0.192. The molecule has 2 N–H and O–H groups in total. The molecule has 0 saturated carbocycles. The Morgan fingerprint density at radius 1 is 1.08 bits per heavy atom. The number of carbonyl (C=O) groups is 3. The highest BCUT2D eigenvalue weighted by atomic mass is 16.5. The Kier molecular flexibility index (Phi) is 8.25. The van der Waals surface area contributed by atoms with E-state index in [0.29, 0.717) is 18.0 Å². The lowest BCUT2D eigenvalue weighted by Gasteiger charge is -2.14. The summed E-state index contributed by atoms with van der Waals surface area (Å²) in [6, 6.07) is 3.85. The van der Waals surface area contributed by atoms with Crippen molar-refractivity contribution >= 4 is 17.8 Å². The summed E-state index contributed by atoms with van der Waals surface area (Å²) >= 11 is 0.